The predicted octanol–water partition coefficient (Wildman–Crippen LogP) is 4.08. The lowest BCUT2D eigenvalue weighted by atomic mass is 9.97. The summed E-state index contributed by atoms with van der Waals surface area (Å²) in [5.74, 6) is 0.271. The van der Waals surface area contributed by atoms with Crippen molar-refractivity contribution in [3.63, 3.8) is 0 Å². The fourth-order valence-corrected chi connectivity index (χ4v) is 3.83. The van der Waals surface area contributed by atoms with Crippen LogP contribution in [0, 0.1) is 5.82 Å². The Morgan fingerprint density at radius 1 is 1.10 bits per heavy atom. The quantitative estimate of drug-likeness (QED) is 0.500. The van der Waals surface area contributed by atoms with Crippen molar-refractivity contribution in [1.82, 2.24) is 24.8 Å². The first-order valence-corrected chi connectivity index (χ1v) is 10.2. The molecule has 1 aliphatic heterocycles. The normalized spacial score (nSPS) is 16.4. The minimum Gasteiger partial charge on any atom is -0.339 e. The van der Waals surface area contributed by atoms with Crippen molar-refractivity contribution < 1.29 is 13.7 Å². The molecule has 5 rings (SSSR count). The first kappa shape index (κ1) is 19.2. The Balaban J connectivity index is 1.31. The average Bonchev–Trinajstić information content (AvgIpc) is 3.50. The highest BCUT2D eigenvalue weighted by Gasteiger charge is 2.30. The van der Waals surface area contributed by atoms with E-state index in [1.807, 2.05) is 30.3 Å². The van der Waals surface area contributed by atoms with Crippen LogP contribution in [0.5, 0.6) is 0 Å². The molecule has 0 saturated carbocycles. The molecule has 8 heteroatoms. The molecular formula is C23H20FN5O2. The SMILES string of the molecule is O=C(c1ccn(-c2ccccc2)n1)N1CCCC(c2nc(-c3cccc(F)c3)no2)C1. The minimum absolute atomic E-state index is 0.0660. The molecule has 31 heavy (non-hydrogen) atoms. The van der Waals surface area contributed by atoms with Crippen molar-refractivity contribution in [2.45, 2.75) is 18.8 Å². The molecule has 0 radical (unpaired) electrons. The highest BCUT2D eigenvalue weighted by Crippen LogP contribution is 2.28. The van der Waals surface area contributed by atoms with Crippen LogP contribution in [0.15, 0.2) is 71.4 Å². The van der Waals surface area contributed by atoms with E-state index in [9.17, 15) is 9.18 Å². The molecule has 4 aromatic rings. The van der Waals surface area contributed by atoms with Gasteiger partial charge in [0.25, 0.3) is 5.91 Å². The third kappa shape index (κ3) is 3.96. The van der Waals surface area contributed by atoms with E-state index in [1.54, 1.807) is 34.0 Å². The van der Waals surface area contributed by atoms with Gasteiger partial charge in [0.05, 0.1) is 11.6 Å². The van der Waals surface area contributed by atoms with E-state index in [0.29, 0.717) is 36.1 Å². The summed E-state index contributed by atoms with van der Waals surface area (Å²) < 4.78 is 20.6. The maximum atomic E-state index is 13.5. The van der Waals surface area contributed by atoms with Crippen molar-refractivity contribution in [3.8, 4) is 17.1 Å². The second-order valence-electron chi connectivity index (χ2n) is 7.54. The smallest absolute Gasteiger partial charge is 0.274 e. The summed E-state index contributed by atoms with van der Waals surface area (Å²) in [7, 11) is 0. The molecule has 0 aliphatic carbocycles. The molecule has 1 amide bonds. The molecule has 1 unspecified atom stereocenters. The second kappa shape index (κ2) is 8.14. The van der Waals surface area contributed by atoms with Gasteiger partial charge in [0.1, 0.15) is 5.82 Å². The lowest BCUT2D eigenvalue weighted by molar-refractivity contribution is 0.0689. The molecule has 3 heterocycles. The summed E-state index contributed by atoms with van der Waals surface area (Å²) in [5, 5.41) is 8.44. The van der Waals surface area contributed by atoms with Gasteiger partial charge >= 0.3 is 0 Å². The van der Waals surface area contributed by atoms with Crippen LogP contribution in [0.3, 0.4) is 0 Å². The van der Waals surface area contributed by atoms with E-state index >= 15 is 0 Å². The molecular weight excluding hydrogens is 397 g/mol. The zero-order valence-corrected chi connectivity index (χ0v) is 16.7. The summed E-state index contributed by atoms with van der Waals surface area (Å²) in [6.07, 6.45) is 3.45. The number of para-hydroxylation sites is 1. The number of nitrogens with zero attached hydrogens (tertiary/aromatic N) is 5. The fourth-order valence-electron chi connectivity index (χ4n) is 3.83. The van der Waals surface area contributed by atoms with Crippen LogP contribution in [0.1, 0.15) is 35.1 Å². The van der Waals surface area contributed by atoms with E-state index in [1.165, 1.54) is 12.1 Å². The first-order valence-electron chi connectivity index (χ1n) is 10.2. The van der Waals surface area contributed by atoms with Gasteiger partial charge in [-0.3, -0.25) is 4.79 Å². The number of piperidine rings is 1. The third-order valence-corrected chi connectivity index (χ3v) is 5.41. The standard InChI is InChI=1S/C23H20FN5O2/c24-18-8-4-6-16(14-18)21-25-22(31-27-21)17-7-5-12-28(15-17)23(30)20-11-13-29(26-20)19-9-2-1-3-10-19/h1-4,6,8-11,13-14,17H,5,7,12,15H2. The van der Waals surface area contributed by atoms with E-state index < -0.39 is 0 Å². The Hall–Kier alpha value is -3.81. The molecule has 7 nitrogen and oxygen atoms in total. The van der Waals surface area contributed by atoms with E-state index in [-0.39, 0.29) is 17.6 Å². The Labute approximate surface area is 178 Å². The molecule has 2 aromatic heterocycles. The van der Waals surface area contributed by atoms with Crippen LogP contribution in [-0.2, 0) is 0 Å². The lowest BCUT2D eigenvalue weighted by Gasteiger charge is -2.30. The van der Waals surface area contributed by atoms with Crippen molar-refractivity contribution in [2.24, 2.45) is 0 Å². The van der Waals surface area contributed by atoms with Gasteiger partial charge in [-0.25, -0.2) is 9.07 Å². The second-order valence-corrected chi connectivity index (χ2v) is 7.54. The van der Waals surface area contributed by atoms with Gasteiger partial charge in [0.2, 0.25) is 11.7 Å². The zero-order valence-electron chi connectivity index (χ0n) is 16.7. The maximum Gasteiger partial charge on any atom is 0.274 e. The van der Waals surface area contributed by atoms with E-state index in [2.05, 4.69) is 15.2 Å². The van der Waals surface area contributed by atoms with Crippen LogP contribution < -0.4 is 0 Å². The minimum atomic E-state index is -0.353. The summed E-state index contributed by atoms with van der Waals surface area (Å²) in [5.41, 5.74) is 1.86. The Morgan fingerprint density at radius 2 is 1.97 bits per heavy atom. The Morgan fingerprint density at radius 3 is 2.81 bits per heavy atom. The number of aromatic nitrogens is 4. The van der Waals surface area contributed by atoms with Crippen LogP contribution in [0.2, 0.25) is 0 Å². The third-order valence-electron chi connectivity index (χ3n) is 5.41. The maximum absolute atomic E-state index is 13.5. The van der Waals surface area contributed by atoms with Gasteiger partial charge in [0.15, 0.2) is 5.69 Å². The van der Waals surface area contributed by atoms with Gasteiger partial charge in [-0.1, -0.05) is 35.5 Å². The summed E-state index contributed by atoms with van der Waals surface area (Å²) in [6.45, 7) is 1.13. The topological polar surface area (TPSA) is 77.1 Å². The molecule has 0 spiro atoms. The molecule has 2 aromatic carbocycles. The monoisotopic (exact) mass is 417 g/mol. The van der Waals surface area contributed by atoms with Gasteiger partial charge in [0, 0.05) is 24.8 Å². The van der Waals surface area contributed by atoms with Crippen molar-refractivity contribution in [2.75, 3.05) is 13.1 Å². The van der Waals surface area contributed by atoms with E-state index in [0.717, 1.165) is 18.5 Å². The number of likely N-dealkylation sites (tertiary alicyclic amines) is 1. The molecule has 1 saturated heterocycles. The van der Waals surface area contributed by atoms with Crippen molar-refractivity contribution in [1.29, 1.82) is 0 Å². The summed E-state index contributed by atoms with van der Waals surface area (Å²) in [6, 6.07) is 17.5. The summed E-state index contributed by atoms with van der Waals surface area (Å²) in [4.78, 5) is 19.3. The summed E-state index contributed by atoms with van der Waals surface area (Å²) >= 11 is 0. The largest absolute Gasteiger partial charge is 0.339 e. The molecule has 1 fully saturated rings. The number of carbonyl (C=O) groups is 1. The fraction of sp³-hybridized carbons (Fsp3) is 0.217. The number of hydrogen-bond acceptors (Lipinski definition) is 5. The number of hydrogen-bond donors (Lipinski definition) is 0. The Kier molecular flexibility index (Phi) is 5.03. The van der Waals surface area contributed by atoms with Crippen LogP contribution in [0.4, 0.5) is 4.39 Å². The molecule has 1 aliphatic rings. The first-order chi connectivity index (χ1) is 15.2. The van der Waals surface area contributed by atoms with Crippen LogP contribution >= 0.6 is 0 Å². The zero-order chi connectivity index (χ0) is 21.2. The van der Waals surface area contributed by atoms with Gasteiger partial charge in [-0.15, -0.1) is 0 Å². The van der Waals surface area contributed by atoms with Gasteiger partial charge < -0.3 is 9.42 Å². The highest BCUT2D eigenvalue weighted by molar-refractivity contribution is 5.92. The van der Waals surface area contributed by atoms with Gasteiger partial charge in [-0.05, 0) is 43.2 Å². The predicted molar refractivity (Wildman–Crippen MR) is 111 cm³/mol. The Bertz CT molecular complexity index is 1200. The average molecular weight is 417 g/mol. The highest BCUT2D eigenvalue weighted by atomic mass is 19.1. The molecule has 156 valence electrons. The number of carbonyl (C=O) groups excluding carboxylic acids is 1. The lowest BCUT2D eigenvalue weighted by Crippen LogP contribution is -2.39. The number of amides is 1. The van der Waals surface area contributed by atoms with Crippen LogP contribution in [-0.4, -0.2) is 43.8 Å². The van der Waals surface area contributed by atoms with Gasteiger partial charge in [-0.2, -0.15) is 10.1 Å². The number of benzene rings is 2. The molecule has 0 N–H and O–H groups in total. The molecule has 0 bridgehead atoms. The van der Waals surface area contributed by atoms with Crippen molar-refractivity contribution >= 4 is 5.91 Å². The van der Waals surface area contributed by atoms with E-state index in [4.69, 9.17) is 4.52 Å². The molecule has 1 atom stereocenters. The van der Waals surface area contributed by atoms with Crippen LogP contribution in [0.25, 0.3) is 17.1 Å². The number of rotatable bonds is 4. The number of halogens is 1. The van der Waals surface area contributed by atoms with Crippen molar-refractivity contribution in [3.05, 3.63) is 84.3 Å².